The quantitative estimate of drug-likeness (QED) is 0.169. The van der Waals surface area contributed by atoms with Crippen LogP contribution in [0.15, 0.2) is 108 Å². The van der Waals surface area contributed by atoms with Gasteiger partial charge in [0, 0.05) is 24.5 Å². The van der Waals surface area contributed by atoms with Crippen molar-refractivity contribution in [2.75, 3.05) is 24.5 Å². The zero-order valence-electron chi connectivity index (χ0n) is 25.0. The lowest BCUT2D eigenvalue weighted by Gasteiger charge is -2.34. The molecule has 0 saturated carbocycles. The lowest BCUT2D eigenvalue weighted by Crippen LogP contribution is -2.53. The van der Waals surface area contributed by atoms with Crippen LogP contribution in [-0.4, -0.2) is 51.4 Å². The van der Waals surface area contributed by atoms with E-state index in [-0.39, 0.29) is 34.5 Å². The Hall–Kier alpha value is -4.05. The number of halogens is 2. The highest BCUT2D eigenvalue weighted by Crippen LogP contribution is 2.32. The summed E-state index contributed by atoms with van der Waals surface area (Å²) in [7, 11) is -2.80. The molecule has 0 bridgehead atoms. The SMILES string of the molecule is CCCNC(=O)[C@@H](Cc1ccccc1)N(Cc1ccc(Cl)cc1)C(=O)CN(c1ccc(OC)c(Cl)c1)S(=O)(=O)c1ccccc1. The van der Waals surface area contributed by atoms with Gasteiger partial charge in [0.1, 0.15) is 18.3 Å². The van der Waals surface area contributed by atoms with E-state index < -0.39 is 28.5 Å². The largest absolute Gasteiger partial charge is 0.495 e. The van der Waals surface area contributed by atoms with Gasteiger partial charge in [-0.2, -0.15) is 0 Å². The number of carbonyl (C=O) groups excluding carboxylic acids is 2. The fourth-order valence-electron chi connectivity index (χ4n) is 4.77. The highest BCUT2D eigenvalue weighted by molar-refractivity contribution is 7.92. The van der Waals surface area contributed by atoms with E-state index in [0.717, 1.165) is 15.4 Å². The minimum Gasteiger partial charge on any atom is -0.495 e. The lowest BCUT2D eigenvalue weighted by atomic mass is 10.0. The fraction of sp³-hybridized carbons (Fsp3) is 0.235. The molecule has 4 aromatic rings. The first kappa shape index (κ1) is 33.8. The van der Waals surface area contributed by atoms with Crippen molar-refractivity contribution in [2.45, 2.75) is 37.2 Å². The number of methoxy groups -OCH3 is 1. The number of carbonyl (C=O) groups is 2. The molecule has 11 heteroatoms. The third-order valence-corrected chi connectivity index (χ3v) is 9.46. The summed E-state index contributed by atoms with van der Waals surface area (Å²) in [6, 6.07) is 27.7. The van der Waals surface area contributed by atoms with Crippen LogP contribution < -0.4 is 14.4 Å². The number of amides is 2. The summed E-state index contributed by atoms with van der Waals surface area (Å²) in [4.78, 5) is 29.6. The maximum absolute atomic E-state index is 14.5. The van der Waals surface area contributed by atoms with E-state index >= 15 is 0 Å². The van der Waals surface area contributed by atoms with Gasteiger partial charge in [0.15, 0.2) is 0 Å². The van der Waals surface area contributed by atoms with Gasteiger partial charge in [0.05, 0.1) is 22.7 Å². The molecule has 2 amide bonds. The molecule has 0 aliphatic carbocycles. The molecular weight excluding hydrogens is 633 g/mol. The molecule has 8 nitrogen and oxygen atoms in total. The van der Waals surface area contributed by atoms with Crippen molar-refractivity contribution in [1.29, 1.82) is 0 Å². The van der Waals surface area contributed by atoms with Crippen LogP contribution in [0.4, 0.5) is 5.69 Å². The van der Waals surface area contributed by atoms with Crippen molar-refractivity contribution in [3.63, 3.8) is 0 Å². The van der Waals surface area contributed by atoms with Crippen LogP contribution >= 0.6 is 23.2 Å². The van der Waals surface area contributed by atoms with Crippen LogP contribution in [0, 0.1) is 0 Å². The summed E-state index contributed by atoms with van der Waals surface area (Å²) in [6.45, 7) is 1.80. The highest BCUT2D eigenvalue weighted by atomic mass is 35.5. The van der Waals surface area contributed by atoms with Crippen LogP contribution in [0.1, 0.15) is 24.5 Å². The minimum absolute atomic E-state index is 0.00415. The van der Waals surface area contributed by atoms with Gasteiger partial charge in [-0.25, -0.2) is 8.42 Å². The first-order valence-electron chi connectivity index (χ1n) is 14.4. The van der Waals surface area contributed by atoms with Crippen LogP contribution in [0.25, 0.3) is 0 Å². The molecule has 1 N–H and O–H groups in total. The summed E-state index contributed by atoms with van der Waals surface area (Å²) in [5.74, 6) is -0.569. The molecule has 236 valence electrons. The molecule has 0 heterocycles. The van der Waals surface area contributed by atoms with Crippen LogP contribution in [0.2, 0.25) is 10.0 Å². The standard InChI is InChI=1S/C34H35Cl2N3O5S/c1-3-20-37-34(41)31(21-25-10-6-4-7-11-25)38(23-26-14-16-27(35)17-15-26)33(40)24-39(28-18-19-32(44-2)30(36)22-28)45(42,43)29-12-8-5-9-13-29/h4-19,22,31H,3,20-21,23-24H2,1-2H3,(H,37,41)/t31-/m1/s1. The Balaban J connectivity index is 1.81. The number of hydrogen-bond donors (Lipinski definition) is 1. The molecule has 0 saturated heterocycles. The van der Waals surface area contributed by atoms with Gasteiger partial charge < -0.3 is 15.0 Å². The van der Waals surface area contributed by atoms with E-state index in [0.29, 0.717) is 23.7 Å². The first-order chi connectivity index (χ1) is 21.6. The maximum Gasteiger partial charge on any atom is 0.264 e. The third-order valence-electron chi connectivity index (χ3n) is 7.12. The van der Waals surface area contributed by atoms with E-state index in [1.807, 2.05) is 37.3 Å². The fourth-order valence-corrected chi connectivity index (χ4v) is 6.57. The zero-order valence-corrected chi connectivity index (χ0v) is 27.4. The van der Waals surface area contributed by atoms with Crippen molar-refractivity contribution in [1.82, 2.24) is 10.2 Å². The number of nitrogens with zero attached hydrogens (tertiary/aromatic N) is 2. The third kappa shape index (κ3) is 8.78. The minimum atomic E-state index is -4.25. The highest BCUT2D eigenvalue weighted by Gasteiger charge is 2.34. The van der Waals surface area contributed by atoms with Gasteiger partial charge in [-0.3, -0.25) is 13.9 Å². The molecule has 1 atom stereocenters. The Labute approximate surface area is 274 Å². The molecule has 0 aromatic heterocycles. The van der Waals surface area contributed by atoms with Gasteiger partial charge in [0.2, 0.25) is 11.8 Å². The molecule has 0 spiro atoms. The van der Waals surface area contributed by atoms with E-state index in [9.17, 15) is 18.0 Å². The van der Waals surface area contributed by atoms with Gasteiger partial charge in [-0.15, -0.1) is 0 Å². The molecule has 0 fully saturated rings. The van der Waals surface area contributed by atoms with Gasteiger partial charge in [-0.05, 0) is 60.0 Å². The molecule has 0 radical (unpaired) electrons. The van der Waals surface area contributed by atoms with E-state index in [1.54, 1.807) is 42.5 Å². The molecular formula is C34H35Cl2N3O5S. The summed E-state index contributed by atoms with van der Waals surface area (Å²) in [6.07, 6.45) is 0.922. The first-order valence-corrected chi connectivity index (χ1v) is 16.6. The number of rotatable bonds is 14. The zero-order chi connectivity index (χ0) is 32.4. The predicted octanol–water partition coefficient (Wildman–Crippen LogP) is 6.36. The maximum atomic E-state index is 14.5. The van der Waals surface area contributed by atoms with Crippen LogP contribution in [0.5, 0.6) is 5.75 Å². The molecule has 45 heavy (non-hydrogen) atoms. The topological polar surface area (TPSA) is 96.0 Å². The van der Waals surface area contributed by atoms with Crippen molar-refractivity contribution >= 4 is 50.7 Å². The Kier molecular flexibility index (Phi) is 11.9. The summed E-state index contributed by atoms with van der Waals surface area (Å²) >= 11 is 12.5. The number of ether oxygens (including phenoxy) is 1. The Bertz CT molecular complexity index is 1690. The smallest absolute Gasteiger partial charge is 0.264 e. The normalized spacial score (nSPS) is 11.8. The second-order valence-electron chi connectivity index (χ2n) is 10.3. The van der Waals surface area contributed by atoms with Gasteiger partial charge >= 0.3 is 0 Å². The lowest BCUT2D eigenvalue weighted by molar-refractivity contribution is -0.140. The average Bonchev–Trinajstić information content (AvgIpc) is 3.05. The molecule has 0 unspecified atom stereocenters. The summed E-state index contributed by atoms with van der Waals surface area (Å²) in [5.41, 5.74) is 1.73. The van der Waals surface area contributed by atoms with Crippen LogP contribution in [-0.2, 0) is 32.6 Å². The number of sulfonamides is 1. The second-order valence-corrected chi connectivity index (χ2v) is 13.0. The van der Waals surface area contributed by atoms with Crippen molar-refractivity contribution in [3.8, 4) is 5.75 Å². The Morgan fingerprint density at radius 2 is 1.51 bits per heavy atom. The van der Waals surface area contributed by atoms with E-state index in [4.69, 9.17) is 27.9 Å². The molecule has 0 aliphatic heterocycles. The van der Waals surface area contributed by atoms with Gasteiger partial charge in [0.25, 0.3) is 10.0 Å². The van der Waals surface area contributed by atoms with Crippen molar-refractivity contribution in [3.05, 3.63) is 124 Å². The molecule has 4 rings (SSSR count). The second kappa shape index (κ2) is 15.8. The predicted molar refractivity (Wildman–Crippen MR) is 178 cm³/mol. The molecule has 0 aliphatic rings. The van der Waals surface area contributed by atoms with E-state index in [2.05, 4.69) is 5.32 Å². The Morgan fingerprint density at radius 3 is 2.11 bits per heavy atom. The summed E-state index contributed by atoms with van der Waals surface area (Å²) in [5, 5.41) is 3.63. The number of benzene rings is 4. The molecule has 4 aromatic carbocycles. The number of anilines is 1. The summed E-state index contributed by atoms with van der Waals surface area (Å²) < 4.78 is 34.4. The number of nitrogens with one attached hydrogen (secondary N) is 1. The van der Waals surface area contributed by atoms with Gasteiger partial charge in [-0.1, -0.05) is 90.8 Å². The number of hydrogen-bond acceptors (Lipinski definition) is 5. The van der Waals surface area contributed by atoms with E-state index in [1.165, 1.54) is 42.3 Å². The van der Waals surface area contributed by atoms with Crippen molar-refractivity contribution in [2.24, 2.45) is 0 Å². The average molecular weight is 669 g/mol. The Morgan fingerprint density at radius 1 is 0.867 bits per heavy atom. The monoisotopic (exact) mass is 667 g/mol. The van der Waals surface area contributed by atoms with Crippen LogP contribution in [0.3, 0.4) is 0 Å². The van der Waals surface area contributed by atoms with Crippen molar-refractivity contribution < 1.29 is 22.7 Å².